The Balaban J connectivity index is 1.78. The van der Waals surface area contributed by atoms with E-state index in [0.717, 1.165) is 57.4 Å². The van der Waals surface area contributed by atoms with Gasteiger partial charge in [0.25, 0.3) is 0 Å². The van der Waals surface area contributed by atoms with Crippen molar-refractivity contribution in [1.29, 1.82) is 0 Å². The van der Waals surface area contributed by atoms with E-state index in [1.165, 1.54) is 6.92 Å². The van der Waals surface area contributed by atoms with E-state index in [2.05, 4.69) is 32.0 Å². The van der Waals surface area contributed by atoms with Crippen molar-refractivity contribution >= 4 is 17.3 Å². The molecule has 3 unspecified atom stereocenters. The van der Waals surface area contributed by atoms with Crippen molar-refractivity contribution in [2.24, 2.45) is 16.2 Å². The molecule has 3 aliphatic carbocycles. The van der Waals surface area contributed by atoms with Crippen molar-refractivity contribution in [2.45, 2.75) is 67.7 Å². The van der Waals surface area contributed by atoms with Crippen LogP contribution in [0, 0.1) is 23.2 Å². The van der Waals surface area contributed by atoms with Crippen molar-refractivity contribution in [3.05, 3.63) is 81.4 Å². The topological polar surface area (TPSA) is 51.2 Å². The first-order valence-corrected chi connectivity index (χ1v) is 12.6. The number of aryl methyl sites for hydroxylation is 1. The summed E-state index contributed by atoms with van der Waals surface area (Å²) in [7, 11) is 0. The van der Waals surface area contributed by atoms with Gasteiger partial charge in [0, 0.05) is 16.6 Å². The second-order valence-electron chi connectivity index (χ2n) is 11.8. The van der Waals surface area contributed by atoms with E-state index in [1.807, 2.05) is 52.0 Å². The molecule has 0 fully saturated rings. The lowest BCUT2D eigenvalue weighted by atomic mass is 9.42. The molecule has 3 nitrogen and oxygen atoms in total. The summed E-state index contributed by atoms with van der Waals surface area (Å²) >= 11 is 0. The number of carbonyl (C=O) groups is 3. The van der Waals surface area contributed by atoms with Crippen LogP contribution >= 0.6 is 0 Å². The van der Waals surface area contributed by atoms with Crippen LogP contribution in [0.25, 0.3) is 11.1 Å². The maximum absolute atomic E-state index is 14.3. The molecule has 0 aliphatic heterocycles. The molecule has 0 heterocycles. The van der Waals surface area contributed by atoms with Crippen molar-refractivity contribution < 1.29 is 14.4 Å². The van der Waals surface area contributed by atoms with Crippen LogP contribution in [0.2, 0.25) is 0 Å². The molecular weight excluding hydrogens is 432 g/mol. The fourth-order valence-electron chi connectivity index (χ4n) is 7.81. The van der Waals surface area contributed by atoms with Gasteiger partial charge in [-0.3, -0.25) is 14.4 Å². The molecule has 5 rings (SSSR count). The number of Topliss-reactive ketones (excluding diaryl/α,β-unsaturated/α-hetero) is 3. The average Bonchev–Trinajstić information content (AvgIpc) is 2.76. The highest BCUT2D eigenvalue weighted by Gasteiger charge is 2.63. The van der Waals surface area contributed by atoms with Gasteiger partial charge in [-0.2, -0.15) is 0 Å². The number of fused-ring (bicyclic) bond motifs is 3. The quantitative estimate of drug-likeness (QED) is 0.447. The Labute approximate surface area is 208 Å². The summed E-state index contributed by atoms with van der Waals surface area (Å²) in [4.78, 5) is 40.8. The summed E-state index contributed by atoms with van der Waals surface area (Å²) in [5, 5.41) is 0. The minimum absolute atomic E-state index is 0.0493. The summed E-state index contributed by atoms with van der Waals surface area (Å²) in [6.07, 6.45) is 2.17. The van der Waals surface area contributed by atoms with Gasteiger partial charge in [0.05, 0.1) is 11.0 Å². The van der Waals surface area contributed by atoms with Crippen LogP contribution in [0.3, 0.4) is 0 Å². The summed E-state index contributed by atoms with van der Waals surface area (Å²) in [6.45, 7) is 13.8. The van der Waals surface area contributed by atoms with Gasteiger partial charge in [-0.05, 0) is 81.5 Å². The Kier molecular flexibility index (Phi) is 5.05. The van der Waals surface area contributed by atoms with Gasteiger partial charge >= 0.3 is 0 Å². The third-order valence-corrected chi connectivity index (χ3v) is 9.46. The fourth-order valence-corrected chi connectivity index (χ4v) is 7.81. The number of carbonyl (C=O) groups excluding carboxylic acids is 3. The molecule has 0 aromatic heterocycles. The van der Waals surface area contributed by atoms with Crippen LogP contribution in [0.4, 0.5) is 0 Å². The molecular formula is C32H34O3. The molecule has 3 aliphatic rings. The van der Waals surface area contributed by atoms with Gasteiger partial charge in [0.1, 0.15) is 0 Å². The minimum atomic E-state index is -0.875. The first-order valence-electron chi connectivity index (χ1n) is 12.6. The molecule has 2 aromatic rings. The molecule has 0 amide bonds. The van der Waals surface area contributed by atoms with Crippen molar-refractivity contribution in [3.63, 3.8) is 0 Å². The predicted octanol–water partition coefficient (Wildman–Crippen LogP) is 7.02. The zero-order chi connectivity index (χ0) is 25.5. The van der Waals surface area contributed by atoms with E-state index in [9.17, 15) is 14.4 Å². The zero-order valence-electron chi connectivity index (χ0n) is 21.9. The van der Waals surface area contributed by atoms with Crippen LogP contribution in [-0.2, 0) is 16.0 Å². The van der Waals surface area contributed by atoms with Crippen LogP contribution in [0.15, 0.2) is 64.8 Å². The smallest absolute Gasteiger partial charge is 0.190 e. The second kappa shape index (κ2) is 7.46. The third kappa shape index (κ3) is 3.00. The second-order valence-corrected chi connectivity index (χ2v) is 11.8. The first-order chi connectivity index (χ1) is 16.4. The van der Waals surface area contributed by atoms with E-state index < -0.39 is 5.41 Å². The molecule has 0 radical (unpaired) electrons. The van der Waals surface area contributed by atoms with E-state index in [-0.39, 0.29) is 28.2 Å². The maximum atomic E-state index is 14.3. The molecule has 35 heavy (non-hydrogen) atoms. The largest absolute Gasteiger partial charge is 0.294 e. The lowest BCUT2D eigenvalue weighted by molar-refractivity contribution is -0.134. The number of ketones is 3. The highest BCUT2D eigenvalue weighted by Crippen LogP contribution is 2.66. The van der Waals surface area contributed by atoms with Gasteiger partial charge in [-0.25, -0.2) is 0 Å². The van der Waals surface area contributed by atoms with E-state index in [4.69, 9.17) is 0 Å². The molecule has 0 saturated carbocycles. The molecule has 0 spiro atoms. The number of rotatable bonds is 2. The van der Waals surface area contributed by atoms with Crippen LogP contribution in [-0.4, -0.2) is 17.3 Å². The van der Waals surface area contributed by atoms with Gasteiger partial charge in [0.2, 0.25) is 0 Å². The van der Waals surface area contributed by atoms with Crippen molar-refractivity contribution in [2.75, 3.05) is 0 Å². The Bertz CT molecular complexity index is 1390. The Morgan fingerprint density at radius 3 is 2.17 bits per heavy atom. The average molecular weight is 467 g/mol. The van der Waals surface area contributed by atoms with E-state index in [0.29, 0.717) is 12.0 Å². The fraction of sp³-hybridized carbons (Fsp3) is 0.406. The first kappa shape index (κ1) is 23.7. The Hall–Kier alpha value is -3.07. The number of hydrogen-bond donors (Lipinski definition) is 0. The Morgan fingerprint density at radius 1 is 0.886 bits per heavy atom. The molecule has 180 valence electrons. The highest BCUT2D eigenvalue weighted by atomic mass is 16.2. The van der Waals surface area contributed by atoms with Gasteiger partial charge in [-0.15, -0.1) is 0 Å². The van der Waals surface area contributed by atoms with Gasteiger partial charge < -0.3 is 0 Å². The lowest BCUT2D eigenvalue weighted by Crippen LogP contribution is -2.57. The van der Waals surface area contributed by atoms with Gasteiger partial charge in [0.15, 0.2) is 17.3 Å². The lowest BCUT2D eigenvalue weighted by Gasteiger charge is -2.59. The SMILES string of the molecule is CC(=O)C1=C(C)CC2(C)CC3(C)Cc4c(-c5ccccc5)ccc(C)c4C(=O)C3=C(C)C2(C)C1=O. The van der Waals surface area contributed by atoms with Gasteiger partial charge in [-0.1, -0.05) is 67.5 Å². The highest BCUT2D eigenvalue weighted by molar-refractivity contribution is 6.24. The van der Waals surface area contributed by atoms with Crippen molar-refractivity contribution in [1.82, 2.24) is 0 Å². The third-order valence-electron chi connectivity index (χ3n) is 9.46. The summed E-state index contributed by atoms with van der Waals surface area (Å²) in [5.41, 5.74) is 6.33. The predicted molar refractivity (Wildman–Crippen MR) is 139 cm³/mol. The molecule has 0 saturated heterocycles. The summed E-state index contributed by atoms with van der Waals surface area (Å²) in [6, 6.07) is 14.5. The van der Waals surface area contributed by atoms with E-state index >= 15 is 0 Å². The number of benzene rings is 2. The van der Waals surface area contributed by atoms with Crippen LogP contribution in [0.1, 0.15) is 75.9 Å². The maximum Gasteiger partial charge on any atom is 0.190 e. The van der Waals surface area contributed by atoms with E-state index in [1.54, 1.807) is 0 Å². The van der Waals surface area contributed by atoms with Crippen molar-refractivity contribution in [3.8, 4) is 11.1 Å². The molecule has 3 atom stereocenters. The molecule has 3 heteroatoms. The monoisotopic (exact) mass is 466 g/mol. The standard InChI is InChI=1S/C32H34O3/c1-18-13-14-23(22-11-9-8-10-12-22)24-16-30(5)17-31(6)15-19(2)25(21(4)33)29(35)32(31,7)20(3)27(30)28(34)26(18)24/h8-14H,15-17H2,1-7H3. The molecule has 2 aromatic carbocycles. The number of allylic oxidation sites excluding steroid dienone is 4. The normalized spacial score (nSPS) is 30.1. The molecule has 0 bridgehead atoms. The zero-order valence-corrected chi connectivity index (χ0v) is 21.9. The van der Waals surface area contributed by atoms with Crippen LogP contribution < -0.4 is 0 Å². The molecule has 0 N–H and O–H groups in total. The number of hydrogen-bond acceptors (Lipinski definition) is 3. The summed E-state index contributed by atoms with van der Waals surface area (Å²) in [5.74, 6) is -0.240. The Morgan fingerprint density at radius 2 is 1.54 bits per heavy atom. The van der Waals surface area contributed by atoms with Crippen LogP contribution in [0.5, 0.6) is 0 Å². The summed E-state index contributed by atoms with van der Waals surface area (Å²) < 4.78 is 0. The minimum Gasteiger partial charge on any atom is -0.294 e.